The molecule has 0 amide bonds. The molecule has 1 heterocycles. The quantitative estimate of drug-likeness (QED) is 0.476. The van der Waals surface area contributed by atoms with Crippen LogP contribution >= 0.6 is 11.3 Å². The number of hydrogen-bond donors (Lipinski definition) is 0. The van der Waals surface area contributed by atoms with Crippen molar-refractivity contribution >= 4 is 11.3 Å². The van der Waals surface area contributed by atoms with E-state index in [9.17, 15) is 0 Å². The third kappa shape index (κ3) is 3.17. The van der Waals surface area contributed by atoms with Crippen LogP contribution in [0.2, 0.25) is 0 Å². The van der Waals surface area contributed by atoms with Crippen molar-refractivity contribution in [3.63, 3.8) is 0 Å². The molecule has 0 bridgehead atoms. The van der Waals surface area contributed by atoms with Gasteiger partial charge in [0.1, 0.15) is 0 Å². The minimum absolute atomic E-state index is 0.166. The van der Waals surface area contributed by atoms with Crippen LogP contribution in [0.4, 0.5) is 0 Å². The summed E-state index contributed by atoms with van der Waals surface area (Å²) in [6.45, 7) is 23.6. The van der Waals surface area contributed by atoms with Crippen LogP contribution in [-0.2, 0) is 10.8 Å². The van der Waals surface area contributed by atoms with Gasteiger partial charge in [0, 0.05) is 9.75 Å². The lowest BCUT2D eigenvalue weighted by molar-refractivity contribution is 0.465. The number of thiophene rings is 1. The average Bonchev–Trinajstić information content (AvgIpc) is 2.97. The van der Waals surface area contributed by atoms with Crippen LogP contribution in [0.5, 0.6) is 0 Å². The molecule has 1 aliphatic carbocycles. The van der Waals surface area contributed by atoms with E-state index in [0.29, 0.717) is 11.8 Å². The van der Waals surface area contributed by atoms with Crippen LogP contribution < -0.4 is 0 Å². The number of rotatable bonds is 1. The first-order valence-electron chi connectivity index (χ1n) is 10.1. The van der Waals surface area contributed by atoms with Crippen LogP contribution in [0.15, 0.2) is 18.2 Å². The lowest BCUT2D eigenvalue weighted by Crippen LogP contribution is -2.16. The SMILES string of the molecule is Cc1c(-c2cc(C(C)(C)C)cc(C(C)(C)C)c2)sc2c1C(C)C(C)C2C. The first-order valence-corrected chi connectivity index (χ1v) is 10.9. The van der Waals surface area contributed by atoms with Crippen molar-refractivity contribution in [2.75, 3.05) is 0 Å². The maximum atomic E-state index is 2.45. The summed E-state index contributed by atoms with van der Waals surface area (Å²) in [5.41, 5.74) is 7.82. The Labute approximate surface area is 165 Å². The Morgan fingerprint density at radius 3 is 1.69 bits per heavy atom. The lowest BCUT2D eigenvalue weighted by atomic mass is 9.79. The highest BCUT2D eigenvalue weighted by molar-refractivity contribution is 7.16. The zero-order chi connectivity index (χ0) is 19.6. The standard InChI is InChI=1S/C25H36S/c1-14-15(2)21-17(4)22(26-23(21)16(14)3)18-11-19(24(5,6)7)13-20(12-18)25(8,9)10/h11-16H,1-10H3. The second-order valence-electron chi connectivity index (χ2n) is 10.6. The summed E-state index contributed by atoms with van der Waals surface area (Å²) < 4.78 is 0. The van der Waals surface area contributed by atoms with Crippen molar-refractivity contribution < 1.29 is 0 Å². The summed E-state index contributed by atoms with van der Waals surface area (Å²) in [5, 5.41) is 0. The zero-order valence-electron chi connectivity index (χ0n) is 18.4. The summed E-state index contributed by atoms with van der Waals surface area (Å²) in [7, 11) is 0. The van der Waals surface area contributed by atoms with Gasteiger partial charge in [-0.1, -0.05) is 68.4 Å². The third-order valence-corrected chi connectivity index (χ3v) is 8.15. The largest absolute Gasteiger partial charge is 0.139 e. The molecule has 0 spiro atoms. The van der Waals surface area contributed by atoms with E-state index in [-0.39, 0.29) is 10.8 Å². The van der Waals surface area contributed by atoms with Crippen molar-refractivity contribution in [2.45, 2.75) is 91.9 Å². The van der Waals surface area contributed by atoms with Crippen LogP contribution in [0, 0.1) is 12.8 Å². The van der Waals surface area contributed by atoms with Gasteiger partial charge in [0.15, 0.2) is 0 Å². The van der Waals surface area contributed by atoms with Gasteiger partial charge in [-0.3, -0.25) is 0 Å². The molecule has 0 N–H and O–H groups in total. The summed E-state index contributed by atoms with van der Waals surface area (Å²) in [5.74, 6) is 2.12. The molecular formula is C25H36S. The van der Waals surface area contributed by atoms with Gasteiger partial charge in [-0.25, -0.2) is 0 Å². The summed E-state index contributed by atoms with van der Waals surface area (Å²) >= 11 is 2.06. The molecule has 0 fully saturated rings. The highest BCUT2D eigenvalue weighted by atomic mass is 32.1. The fraction of sp³-hybridized carbons (Fsp3) is 0.600. The van der Waals surface area contributed by atoms with Crippen LogP contribution in [0.25, 0.3) is 10.4 Å². The molecule has 142 valence electrons. The predicted molar refractivity (Wildman–Crippen MR) is 118 cm³/mol. The molecule has 1 aromatic carbocycles. The second kappa shape index (κ2) is 6.23. The molecule has 3 atom stereocenters. The predicted octanol–water partition coefficient (Wildman–Crippen LogP) is 8.18. The molecule has 2 aromatic rings. The molecule has 0 saturated heterocycles. The van der Waals surface area contributed by atoms with Crippen LogP contribution in [0.3, 0.4) is 0 Å². The molecule has 3 unspecified atom stereocenters. The molecule has 0 saturated carbocycles. The van der Waals surface area contributed by atoms with Gasteiger partial charge in [-0.15, -0.1) is 11.3 Å². The van der Waals surface area contributed by atoms with Crippen molar-refractivity contribution in [3.05, 3.63) is 45.3 Å². The van der Waals surface area contributed by atoms with Gasteiger partial charge in [0.2, 0.25) is 0 Å². The van der Waals surface area contributed by atoms with Gasteiger partial charge in [0.25, 0.3) is 0 Å². The Hall–Kier alpha value is -1.08. The molecule has 1 aromatic heterocycles. The second-order valence-corrected chi connectivity index (χ2v) is 11.6. The number of hydrogen-bond acceptors (Lipinski definition) is 1. The van der Waals surface area contributed by atoms with E-state index in [1.54, 1.807) is 10.4 Å². The number of benzene rings is 1. The Kier molecular flexibility index (Phi) is 4.71. The minimum atomic E-state index is 0.166. The van der Waals surface area contributed by atoms with Crippen molar-refractivity contribution in [1.82, 2.24) is 0 Å². The van der Waals surface area contributed by atoms with E-state index in [4.69, 9.17) is 0 Å². The Bertz CT molecular complexity index is 791. The van der Waals surface area contributed by atoms with Crippen molar-refractivity contribution in [1.29, 1.82) is 0 Å². The average molecular weight is 369 g/mol. The minimum Gasteiger partial charge on any atom is -0.139 e. The lowest BCUT2D eigenvalue weighted by Gasteiger charge is -2.26. The Balaban J connectivity index is 2.21. The van der Waals surface area contributed by atoms with Gasteiger partial charge in [-0.05, 0) is 75.5 Å². The smallest absolute Gasteiger partial charge is 0.0378 e. The highest BCUT2D eigenvalue weighted by Gasteiger charge is 2.37. The Morgan fingerprint density at radius 1 is 0.769 bits per heavy atom. The van der Waals surface area contributed by atoms with E-state index in [1.165, 1.54) is 27.1 Å². The summed E-state index contributed by atoms with van der Waals surface area (Å²) in [6.07, 6.45) is 0. The number of fused-ring (bicyclic) bond motifs is 1. The fourth-order valence-corrected chi connectivity index (χ4v) is 5.86. The van der Waals surface area contributed by atoms with Crippen LogP contribution in [-0.4, -0.2) is 0 Å². The maximum Gasteiger partial charge on any atom is 0.0378 e. The molecule has 0 aliphatic heterocycles. The van der Waals surface area contributed by atoms with E-state index >= 15 is 0 Å². The fourth-order valence-electron chi connectivity index (χ4n) is 4.29. The van der Waals surface area contributed by atoms with Crippen molar-refractivity contribution in [3.8, 4) is 10.4 Å². The Morgan fingerprint density at radius 2 is 1.27 bits per heavy atom. The molecule has 1 aliphatic rings. The first-order chi connectivity index (χ1) is 11.8. The molecular weight excluding hydrogens is 332 g/mol. The topological polar surface area (TPSA) is 0 Å². The molecule has 0 nitrogen and oxygen atoms in total. The van der Waals surface area contributed by atoms with E-state index in [0.717, 1.165) is 5.92 Å². The van der Waals surface area contributed by atoms with Gasteiger partial charge in [-0.2, -0.15) is 0 Å². The first kappa shape index (κ1) is 19.7. The monoisotopic (exact) mass is 368 g/mol. The van der Waals surface area contributed by atoms with E-state index in [2.05, 4.69) is 98.8 Å². The summed E-state index contributed by atoms with van der Waals surface area (Å²) in [4.78, 5) is 3.13. The third-order valence-electron chi connectivity index (χ3n) is 6.60. The van der Waals surface area contributed by atoms with E-state index in [1.807, 2.05) is 0 Å². The van der Waals surface area contributed by atoms with Gasteiger partial charge in [0.05, 0.1) is 0 Å². The normalized spacial score (nSPS) is 23.4. The van der Waals surface area contributed by atoms with E-state index < -0.39 is 0 Å². The highest BCUT2D eigenvalue weighted by Crippen LogP contribution is 2.54. The van der Waals surface area contributed by atoms with Crippen LogP contribution in [0.1, 0.15) is 101 Å². The molecule has 0 radical (unpaired) electrons. The molecule has 1 heteroatoms. The summed E-state index contributed by atoms with van der Waals surface area (Å²) in [6, 6.07) is 7.32. The van der Waals surface area contributed by atoms with Gasteiger partial charge >= 0.3 is 0 Å². The molecule has 26 heavy (non-hydrogen) atoms. The maximum absolute atomic E-state index is 2.45. The molecule has 3 rings (SSSR count). The van der Waals surface area contributed by atoms with Crippen molar-refractivity contribution in [2.24, 2.45) is 5.92 Å². The zero-order valence-corrected chi connectivity index (χ0v) is 19.2. The van der Waals surface area contributed by atoms with Gasteiger partial charge < -0.3 is 0 Å².